The fourth-order valence-corrected chi connectivity index (χ4v) is 2.40. The SMILES string of the molecule is CCC(=O)OCC(CC)(CCl)COC(=O)c1cccs1. The molecule has 6 heteroatoms. The Bertz CT molecular complexity index is 426. The predicted octanol–water partition coefficient (Wildman–Crippen LogP) is 3.49. The van der Waals surface area contributed by atoms with E-state index in [4.69, 9.17) is 21.1 Å². The summed E-state index contributed by atoms with van der Waals surface area (Å²) in [4.78, 5) is 23.6. The first-order chi connectivity index (χ1) is 9.56. The molecule has 0 aliphatic carbocycles. The van der Waals surface area contributed by atoms with Crippen LogP contribution in [0.1, 0.15) is 36.4 Å². The molecule has 0 fully saturated rings. The Morgan fingerprint density at radius 1 is 1.30 bits per heavy atom. The molecule has 20 heavy (non-hydrogen) atoms. The highest BCUT2D eigenvalue weighted by Crippen LogP contribution is 2.26. The average Bonchev–Trinajstić information content (AvgIpc) is 3.01. The van der Waals surface area contributed by atoms with E-state index in [0.717, 1.165) is 0 Å². The molecular weight excluding hydrogens is 300 g/mol. The molecule has 0 bridgehead atoms. The van der Waals surface area contributed by atoms with Crippen LogP contribution in [0.2, 0.25) is 0 Å². The number of halogens is 1. The van der Waals surface area contributed by atoms with Gasteiger partial charge in [-0.15, -0.1) is 22.9 Å². The molecule has 1 aromatic rings. The fourth-order valence-electron chi connectivity index (χ4n) is 1.44. The third-order valence-electron chi connectivity index (χ3n) is 3.09. The maximum atomic E-state index is 11.8. The zero-order chi connectivity index (χ0) is 15.0. The van der Waals surface area contributed by atoms with Crippen LogP contribution in [0.25, 0.3) is 0 Å². The van der Waals surface area contributed by atoms with Gasteiger partial charge in [0.15, 0.2) is 0 Å². The second-order valence-electron chi connectivity index (χ2n) is 4.55. The second-order valence-corrected chi connectivity index (χ2v) is 5.77. The predicted molar refractivity (Wildman–Crippen MR) is 79.3 cm³/mol. The highest BCUT2D eigenvalue weighted by atomic mass is 35.5. The lowest BCUT2D eigenvalue weighted by Crippen LogP contribution is -2.35. The molecule has 112 valence electrons. The van der Waals surface area contributed by atoms with E-state index in [-0.39, 0.29) is 31.0 Å². The highest BCUT2D eigenvalue weighted by Gasteiger charge is 2.31. The Morgan fingerprint density at radius 2 is 2.00 bits per heavy atom. The summed E-state index contributed by atoms with van der Waals surface area (Å²) in [6.07, 6.45) is 0.974. The van der Waals surface area contributed by atoms with Crippen LogP contribution in [0.3, 0.4) is 0 Å². The third-order valence-corrected chi connectivity index (χ3v) is 4.51. The first kappa shape index (κ1) is 17.0. The average molecular weight is 319 g/mol. The number of rotatable bonds is 8. The van der Waals surface area contributed by atoms with Crippen LogP contribution in [0.15, 0.2) is 17.5 Å². The molecule has 1 atom stereocenters. The molecular formula is C14H19ClO4S. The smallest absolute Gasteiger partial charge is 0.348 e. The summed E-state index contributed by atoms with van der Waals surface area (Å²) in [5.74, 6) is -0.389. The maximum Gasteiger partial charge on any atom is 0.348 e. The molecule has 0 spiro atoms. The molecule has 1 unspecified atom stereocenters. The lowest BCUT2D eigenvalue weighted by atomic mass is 9.89. The Morgan fingerprint density at radius 3 is 2.50 bits per heavy atom. The summed E-state index contributed by atoms with van der Waals surface area (Å²) in [5, 5.41) is 1.81. The first-order valence-electron chi connectivity index (χ1n) is 6.49. The Kier molecular flexibility index (Phi) is 7.02. The van der Waals surface area contributed by atoms with Crippen LogP contribution >= 0.6 is 22.9 Å². The van der Waals surface area contributed by atoms with Gasteiger partial charge in [0.05, 0.1) is 5.41 Å². The van der Waals surface area contributed by atoms with Crippen LogP contribution in [0.4, 0.5) is 0 Å². The van der Waals surface area contributed by atoms with E-state index >= 15 is 0 Å². The first-order valence-corrected chi connectivity index (χ1v) is 7.90. The lowest BCUT2D eigenvalue weighted by Gasteiger charge is -2.29. The van der Waals surface area contributed by atoms with Crippen LogP contribution in [-0.4, -0.2) is 31.0 Å². The zero-order valence-electron chi connectivity index (χ0n) is 11.7. The van der Waals surface area contributed by atoms with E-state index < -0.39 is 5.41 Å². The van der Waals surface area contributed by atoms with Crippen LogP contribution in [-0.2, 0) is 14.3 Å². The molecule has 0 saturated carbocycles. The van der Waals surface area contributed by atoms with Gasteiger partial charge >= 0.3 is 11.9 Å². The van der Waals surface area contributed by atoms with Crippen molar-refractivity contribution in [3.63, 3.8) is 0 Å². The second kappa shape index (κ2) is 8.27. The van der Waals surface area contributed by atoms with Crippen molar-refractivity contribution in [1.29, 1.82) is 0 Å². The van der Waals surface area contributed by atoms with Crippen LogP contribution < -0.4 is 0 Å². The summed E-state index contributed by atoms with van der Waals surface area (Å²) in [5.41, 5.74) is -0.528. The van der Waals surface area contributed by atoms with Crippen molar-refractivity contribution in [3.8, 4) is 0 Å². The molecule has 0 saturated heterocycles. The van der Waals surface area contributed by atoms with Gasteiger partial charge < -0.3 is 9.47 Å². The van der Waals surface area contributed by atoms with Crippen molar-refractivity contribution >= 4 is 34.9 Å². The lowest BCUT2D eigenvalue weighted by molar-refractivity contribution is -0.147. The number of hydrogen-bond acceptors (Lipinski definition) is 5. The number of alkyl halides is 1. The van der Waals surface area contributed by atoms with Gasteiger partial charge in [-0.05, 0) is 17.9 Å². The number of hydrogen-bond donors (Lipinski definition) is 0. The number of esters is 2. The zero-order valence-corrected chi connectivity index (χ0v) is 13.3. The minimum Gasteiger partial charge on any atom is -0.465 e. The van der Waals surface area contributed by atoms with Crippen LogP contribution in [0, 0.1) is 5.41 Å². The highest BCUT2D eigenvalue weighted by molar-refractivity contribution is 7.11. The largest absolute Gasteiger partial charge is 0.465 e. The molecule has 1 aromatic heterocycles. The minimum atomic E-state index is -0.528. The summed E-state index contributed by atoms with van der Waals surface area (Å²) < 4.78 is 10.4. The van der Waals surface area contributed by atoms with Crippen molar-refractivity contribution < 1.29 is 19.1 Å². The van der Waals surface area contributed by atoms with E-state index in [9.17, 15) is 9.59 Å². The van der Waals surface area contributed by atoms with Crippen molar-refractivity contribution in [2.75, 3.05) is 19.1 Å². The minimum absolute atomic E-state index is 0.140. The third kappa shape index (κ3) is 4.80. The van der Waals surface area contributed by atoms with Gasteiger partial charge in [-0.2, -0.15) is 0 Å². The van der Waals surface area contributed by atoms with Crippen molar-refractivity contribution in [1.82, 2.24) is 0 Å². The van der Waals surface area contributed by atoms with Gasteiger partial charge in [0.2, 0.25) is 0 Å². The summed E-state index contributed by atoms with van der Waals surface area (Å²) >= 11 is 7.31. The molecule has 0 aliphatic rings. The van der Waals surface area contributed by atoms with Crippen LogP contribution in [0.5, 0.6) is 0 Å². The quantitative estimate of drug-likeness (QED) is 0.544. The number of carbonyl (C=O) groups excluding carboxylic acids is 2. The molecule has 0 radical (unpaired) electrons. The Hall–Kier alpha value is -1.07. The summed E-state index contributed by atoms with van der Waals surface area (Å²) in [6, 6.07) is 3.50. The number of ether oxygens (including phenoxy) is 2. The van der Waals surface area contributed by atoms with Gasteiger partial charge in [-0.3, -0.25) is 4.79 Å². The number of thiophene rings is 1. The van der Waals surface area contributed by atoms with Crippen molar-refractivity contribution in [2.24, 2.45) is 5.41 Å². The molecule has 1 heterocycles. The molecule has 0 N–H and O–H groups in total. The van der Waals surface area contributed by atoms with E-state index in [2.05, 4.69) is 0 Å². The molecule has 0 amide bonds. The van der Waals surface area contributed by atoms with Crippen molar-refractivity contribution in [2.45, 2.75) is 26.7 Å². The van der Waals surface area contributed by atoms with Gasteiger partial charge in [0, 0.05) is 12.3 Å². The Balaban J connectivity index is 2.57. The summed E-state index contributed by atoms with van der Waals surface area (Å²) in [7, 11) is 0. The topological polar surface area (TPSA) is 52.6 Å². The number of carbonyl (C=O) groups is 2. The molecule has 0 aromatic carbocycles. The van der Waals surface area contributed by atoms with Gasteiger partial charge in [0.25, 0.3) is 0 Å². The monoisotopic (exact) mass is 318 g/mol. The fraction of sp³-hybridized carbons (Fsp3) is 0.571. The normalized spacial score (nSPS) is 13.6. The maximum absolute atomic E-state index is 11.8. The van der Waals surface area contributed by atoms with Gasteiger partial charge in [-0.25, -0.2) is 4.79 Å². The van der Waals surface area contributed by atoms with Crippen molar-refractivity contribution in [3.05, 3.63) is 22.4 Å². The van der Waals surface area contributed by atoms with E-state index in [1.54, 1.807) is 19.1 Å². The summed E-state index contributed by atoms with van der Waals surface area (Å²) in [6.45, 7) is 3.97. The standard InChI is InChI=1S/C14H19ClO4S/c1-3-12(16)18-9-14(4-2,8-15)10-19-13(17)11-6-5-7-20-11/h5-7H,3-4,8-10H2,1-2H3. The Labute approximate surface area is 128 Å². The van der Waals surface area contributed by atoms with Gasteiger partial charge in [0.1, 0.15) is 18.1 Å². The van der Waals surface area contributed by atoms with E-state index in [1.807, 2.05) is 12.3 Å². The van der Waals surface area contributed by atoms with E-state index in [1.165, 1.54) is 11.3 Å². The molecule has 0 aliphatic heterocycles. The molecule has 4 nitrogen and oxygen atoms in total. The van der Waals surface area contributed by atoms with Gasteiger partial charge in [-0.1, -0.05) is 19.9 Å². The molecule has 1 rings (SSSR count). The van der Waals surface area contributed by atoms with E-state index in [0.29, 0.717) is 17.7 Å².